The number of aromatic nitrogens is 1. The van der Waals surface area contributed by atoms with Crippen LogP contribution in [0.2, 0.25) is 0 Å². The zero-order chi connectivity index (χ0) is 9.97. The molecule has 1 aromatic rings. The van der Waals surface area contributed by atoms with Gasteiger partial charge in [0.15, 0.2) is 0 Å². The van der Waals surface area contributed by atoms with Crippen molar-refractivity contribution in [1.82, 2.24) is 10.3 Å². The maximum atomic E-state index is 4.37. The Kier molecular flexibility index (Phi) is 4.83. The van der Waals surface area contributed by atoms with E-state index in [-0.39, 0.29) is 12.4 Å². The average Bonchev–Trinajstić information content (AvgIpc) is 2.71. The molecule has 0 aromatic carbocycles. The van der Waals surface area contributed by atoms with E-state index in [0.29, 0.717) is 6.04 Å². The van der Waals surface area contributed by atoms with Gasteiger partial charge in [-0.05, 0) is 41.0 Å². The van der Waals surface area contributed by atoms with E-state index < -0.39 is 0 Å². The van der Waals surface area contributed by atoms with Gasteiger partial charge in [0, 0.05) is 30.3 Å². The molecule has 1 saturated heterocycles. The Morgan fingerprint density at radius 2 is 2.33 bits per heavy atom. The number of nitrogens with zero attached hydrogens (tertiary/aromatic N) is 2. The standard InChI is InChI=1S/C10H14BrN3.ClH/c1-14(9-4-5-12-7-9)10-3-2-8(11)6-13-10;/h2-3,6,9,12H,4-5,7H2,1H3;1H/t9-;/m1./s1. The summed E-state index contributed by atoms with van der Waals surface area (Å²) in [6, 6.07) is 4.66. The molecule has 5 heteroatoms. The third kappa shape index (κ3) is 3.06. The third-order valence-electron chi connectivity index (χ3n) is 2.66. The molecular formula is C10H15BrClN3. The summed E-state index contributed by atoms with van der Waals surface area (Å²) in [5.41, 5.74) is 0. The summed E-state index contributed by atoms with van der Waals surface area (Å²) in [5, 5.41) is 3.36. The van der Waals surface area contributed by atoms with Crippen LogP contribution in [0.25, 0.3) is 0 Å². The summed E-state index contributed by atoms with van der Waals surface area (Å²) in [6.07, 6.45) is 3.04. The van der Waals surface area contributed by atoms with Gasteiger partial charge in [0.2, 0.25) is 0 Å². The van der Waals surface area contributed by atoms with Crippen molar-refractivity contribution in [1.29, 1.82) is 0 Å². The van der Waals surface area contributed by atoms with Gasteiger partial charge in [-0.3, -0.25) is 0 Å². The summed E-state index contributed by atoms with van der Waals surface area (Å²) in [6.45, 7) is 2.18. The summed E-state index contributed by atoms with van der Waals surface area (Å²) < 4.78 is 1.03. The van der Waals surface area contributed by atoms with Crippen molar-refractivity contribution < 1.29 is 0 Å². The maximum Gasteiger partial charge on any atom is 0.128 e. The van der Waals surface area contributed by atoms with Gasteiger partial charge >= 0.3 is 0 Å². The zero-order valence-corrected chi connectivity index (χ0v) is 11.0. The van der Waals surface area contributed by atoms with Crippen molar-refractivity contribution in [2.45, 2.75) is 12.5 Å². The van der Waals surface area contributed by atoms with Crippen molar-refractivity contribution in [3.8, 4) is 0 Å². The zero-order valence-electron chi connectivity index (χ0n) is 8.61. The molecule has 0 bridgehead atoms. The molecule has 1 aliphatic rings. The Morgan fingerprint density at radius 1 is 1.53 bits per heavy atom. The highest BCUT2D eigenvalue weighted by Gasteiger charge is 2.19. The number of pyridine rings is 1. The van der Waals surface area contributed by atoms with Crippen LogP contribution in [0.1, 0.15) is 6.42 Å². The minimum atomic E-state index is 0. The van der Waals surface area contributed by atoms with Crippen LogP contribution >= 0.6 is 28.3 Å². The summed E-state index contributed by atoms with van der Waals surface area (Å²) in [4.78, 5) is 6.62. The smallest absolute Gasteiger partial charge is 0.128 e. The first kappa shape index (κ1) is 12.7. The van der Waals surface area contributed by atoms with Crippen LogP contribution in [0.15, 0.2) is 22.8 Å². The van der Waals surface area contributed by atoms with Gasteiger partial charge in [-0.2, -0.15) is 0 Å². The molecule has 0 radical (unpaired) electrons. The van der Waals surface area contributed by atoms with Crippen molar-refractivity contribution in [2.24, 2.45) is 0 Å². The normalized spacial score (nSPS) is 19.7. The van der Waals surface area contributed by atoms with Crippen LogP contribution in [0.5, 0.6) is 0 Å². The fourth-order valence-electron chi connectivity index (χ4n) is 1.73. The van der Waals surface area contributed by atoms with Crippen LogP contribution in [0.4, 0.5) is 5.82 Å². The lowest BCUT2D eigenvalue weighted by atomic mass is 10.2. The molecule has 0 spiro atoms. The van der Waals surface area contributed by atoms with Gasteiger partial charge in [0.1, 0.15) is 5.82 Å². The summed E-state index contributed by atoms with van der Waals surface area (Å²) in [5.74, 6) is 1.04. The minimum absolute atomic E-state index is 0. The Hall–Kier alpha value is -0.320. The van der Waals surface area contributed by atoms with E-state index >= 15 is 0 Å². The van der Waals surface area contributed by atoms with Crippen molar-refractivity contribution in [3.05, 3.63) is 22.8 Å². The van der Waals surface area contributed by atoms with E-state index in [1.807, 2.05) is 18.3 Å². The monoisotopic (exact) mass is 291 g/mol. The van der Waals surface area contributed by atoms with E-state index in [1.165, 1.54) is 6.42 Å². The third-order valence-corrected chi connectivity index (χ3v) is 3.12. The Labute approximate surface area is 105 Å². The van der Waals surface area contributed by atoms with E-state index in [0.717, 1.165) is 23.4 Å². The van der Waals surface area contributed by atoms with E-state index in [1.54, 1.807) is 0 Å². The largest absolute Gasteiger partial charge is 0.355 e. The average molecular weight is 293 g/mol. The molecule has 0 unspecified atom stereocenters. The number of hydrogen-bond acceptors (Lipinski definition) is 3. The predicted molar refractivity (Wildman–Crippen MR) is 68.9 cm³/mol. The lowest BCUT2D eigenvalue weighted by Crippen LogP contribution is -2.33. The van der Waals surface area contributed by atoms with E-state index in [9.17, 15) is 0 Å². The molecule has 0 aliphatic carbocycles. The number of likely N-dealkylation sites (N-methyl/N-ethyl adjacent to an activating group) is 1. The fourth-order valence-corrected chi connectivity index (χ4v) is 1.97. The number of rotatable bonds is 2. The first-order valence-electron chi connectivity index (χ1n) is 4.82. The predicted octanol–water partition coefficient (Wildman–Crippen LogP) is 2.06. The molecule has 0 amide bonds. The second-order valence-corrected chi connectivity index (χ2v) is 4.51. The molecule has 1 atom stereocenters. The van der Waals surface area contributed by atoms with Gasteiger partial charge in [-0.25, -0.2) is 4.98 Å². The molecule has 1 fully saturated rings. The molecule has 3 nitrogen and oxygen atoms in total. The summed E-state index contributed by atoms with van der Waals surface area (Å²) in [7, 11) is 2.11. The topological polar surface area (TPSA) is 28.2 Å². The van der Waals surface area contributed by atoms with Crippen molar-refractivity contribution >= 4 is 34.2 Å². The minimum Gasteiger partial charge on any atom is -0.355 e. The maximum absolute atomic E-state index is 4.37. The molecule has 84 valence electrons. The van der Waals surface area contributed by atoms with Crippen LogP contribution in [0, 0.1) is 0 Å². The second kappa shape index (κ2) is 5.68. The molecule has 2 rings (SSSR count). The van der Waals surface area contributed by atoms with Gasteiger partial charge < -0.3 is 10.2 Å². The van der Waals surface area contributed by atoms with Crippen LogP contribution in [0.3, 0.4) is 0 Å². The SMILES string of the molecule is CN(c1ccc(Br)cn1)[C@@H]1CCNC1.Cl. The molecule has 15 heavy (non-hydrogen) atoms. The van der Waals surface area contributed by atoms with Gasteiger partial charge in [-0.1, -0.05) is 0 Å². The summed E-state index contributed by atoms with van der Waals surface area (Å²) >= 11 is 3.38. The lowest BCUT2D eigenvalue weighted by Gasteiger charge is -2.24. The number of halogens is 2. The van der Waals surface area contributed by atoms with Gasteiger partial charge in [-0.15, -0.1) is 12.4 Å². The van der Waals surface area contributed by atoms with Crippen LogP contribution < -0.4 is 10.2 Å². The van der Waals surface area contributed by atoms with E-state index in [4.69, 9.17) is 0 Å². The Morgan fingerprint density at radius 3 is 2.87 bits per heavy atom. The van der Waals surface area contributed by atoms with Crippen molar-refractivity contribution in [3.63, 3.8) is 0 Å². The number of anilines is 1. The number of hydrogen-bond donors (Lipinski definition) is 1. The molecule has 0 saturated carbocycles. The highest BCUT2D eigenvalue weighted by atomic mass is 79.9. The molecule has 1 aromatic heterocycles. The lowest BCUT2D eigenvalue weighted by molar-refractivity contribution is 0.678. The van der Waals surface area contributed by atoms with Gasteiger partial charge in [0.25, 0.3) is 0 Å². The molecule has 1 N–H and O–H groups in total. The van der Waals surface area contributed by atoms with Gasteiger partial charge in [0.05, 0.1) is 0 Å². The highest BCUT2D eigenvalue weighted by Crippen LogP contribution is 2.17. The second-order valence-electron chi connectivity index (χ2n) is 3.59. The number of nitrogens with one attached hydrogen (secondary N) is 1. The van der Waals surface area contributed by atoms with Crippen molar-refractivity contribution in [2.75, 3.05) is 25.0 Å². The van der Waals surface area contributed by atoms with Crippen LogP contribution in [-0.2, 0) is 0 Å². The van der Waals surface area contributed by atoms with Crippen LogP contribution in [-0.4, -0.2) is 31.2 Å². The molecule has 1 aliphatic heterocycles. The Bertz CT molecular complexity index is 298. The van der Waals surface area contributed by atoms with E-state index in [2.05, 4.69) is 38.2 Å². The first-order chi connectivity index (χ1) is 6.77. The molecular weight excluding hydrogens is 277 g/mol. The highest BCUT2D eigenvalue weighted by molar-refractivity contribution is 9.10. The Balaban J connectivity index is 0.00000112. The first-order valence-corrected chi connectivity index (χ1v) is 5.62. The molecule has 2 heterocycles. The quantitative estimate of drug-likeness (QED) is 0.904. The fraction of sp³-hybridized carbons (Fsp3) is 0.500.